The van der Waals surface area contributed by atoms with E-state index in [9.17, 15) is 0 Å². The molecule has 0 fully saturated rings. The van der Waals surface area contributed by atoms with Crippen molar-refractivity contribution < 1.29 is 0 Å². The third kappa shape index (κ3) is 4.98. The highest BCUT2D eigenvalue weighted by atomic mass is 32.1. The lowest BCUT2D eigenvalue weighted by atomic mass is 9.96. The monoisotopic (exact) mass is 673 g/mol. The van der Waals surface area contributed by atoms with E-state index in [0.717, 1.165) is 16.7 Å². The van der Waals surface area contributed by atoms with Crippen LogP contribution in [-0.2, 0) is 0 Å². The molecule has 10 aromatic rings. The van der Waals surface area contributed by atoms with Gasteiger partial charge in [0.2, 0.25) is 0 Å². The Balaban J connectivity index is 1.18. The highest BCUT2D eigenvalue weighted by molar-refractivity contribution is 7.26. The molecule has 0 unspecified atom stereocenters. The normalized spacial score (nSPS) is 11.6. The first kappa shape index (κ1) is 29.0. The van der Waals surface area contributed by atoms with Crippen molar-refractivity contribution in [2.24, 2.45) is 0 Å². The highest BCUT2D eigenvalue weighted by Gasteiger charge is 2.17. The fraction of sp³-hybridized carbons (Fsp3) is 0. The molecular formula is C45H27N3S2. The summed E-state index contributed by atoms with van der Waals surface area (Å²) in [7, 11) is 0. The van der Waals surface area contributed by atoms with Crippen molar-refractivity contribution in [1.29, 1.82) is 0 Å². The summed E-state index contributed by atoms with van der Waals surface area (Å²) in [6, 6.07) is 58.0. The molecule has 10 rings (SSSR count). The second kappa shape index (κ2) is 11.8. The minimum absolute atomic E-state index is 0.661. The third-order valence-electron chi connectivity index (χ3n) is 9.33. The van der Waals surface area contributed by atoms with E-state index in [2.05, 4.69) is 146 Å². The number of aromatic nitrogens is 3. The Labute approximate surface area is 296 Å². The maximum atomic E-state index is 5.15. The predicted octanol–water partition coefficient (Wildman–Crippen LogP) is 12.9. The summed E-state index contributed by atoms with van der Waals surface area (Å²) in [5.74, 6) is 1.99. The molecule has 0 saturated carbocycles. The van der Waals surface area contributed by atoms with Gasteiger partial charge in [0, 0.05) is 62.6 Å². The van der Waals surface area contributed by atoms with E-state index < -0.39 is 0 Å². The van der Waals surface area contributed by atoms with E-state index in [4.69, 9.17) is 15.0 Å². The van der Waals surface area contributed by atoms with Gasteiger partial charge in [0.1, 0.15) is 0 Å². The number of hydrogen-bond donors (Lipinski definition) is 0. The molecule has 3 nitrogen and oxygen atoms in total. The average molecular weight is 674 g/mol. The topological polar surface area (TPSA) is 38.7 Å². The second-order valence-corrected chi connectivity index (χ2v) is 14.6. The Morgan fingerprint density at radius 3 is 1.58 bits per heavy atom. The van der Waals surface area contributed by atoms with Crippen molar-refractivity contribution in [3.05, 3.63) is 164 Å². The van der Waals surface area contributed by atoms with Gasteiger partial charge in [0.05, 0.1) is 0 Å². The van der Waals surface area contributed by atoms with Crippen LogP contribution >= 0.6 is 22.7 Å². The Morgan fingerprint density at radius 1 is 0.300 bits per heavy atom. The maximum Gasteiger partial charge on any atom is 0.164 e. The largest absolute Gasteiger partial charge is 0.208 e. The first-order chi connectivity index (χ1) is 24.7. The number of hydrogen-bond acceptors (Lipinski definition) is 5. The van der Waals surface area contributed by atoms with Gasteiger partial charge < -0.3 is 0 Å². The maximum absolute atomic E-state index is 5.15. The van der Waals surface area contributed by atoms with Crippen molar-refractivity contribution in [2.45, 2.75) is 0 Å². The molecule has 50 heavy (non-hydrogen) atoms. The summed E-state index contributed by atoms with van der Waals surface area (Å²) in [5.41, 5.74) is 7.77. The Morgan fingerprint density at radius 2 is 0.840 bits per heavy atom. The van der Waals surface area contributed by atoms with Crippen molar-refractivity contribution in [2.75, 3.05) is 0 Å². The number of benzene rings is 7. The Bertz CT molecular complexity index is 2860. The fourth-order valence-corrected chi connectivity index (χ4v) is 9.21. The first-order valence-electron chi connectivity index (χ1n) is 16.6. The predicted molar refractivity (Wildman–Crippen MR) is 213 cm³/mol. The summed E-state index contributed by atoms with van der Waals surface area (Å²) < 4.78 is 5.02. The van der Waals surface area contributed by atoms with E-state index in [1.54, 1.807) is 11.3 Å². The molecule has 7 aromatic carbocycles. The van der Waals surface area contributed by atoms with Gasteiger partial charge in [-0.2, -0.15) is 0 Å². The molecule has 3 aromatic heterocycles. The van der Waals surface area contributed by atoms with E-state index in [-0.39, 0.29) is 0 Å². The minimum atomic E-state index is 0.661. The zero-order chi connectivity index (χ0) is 33.0. The van der Waals surface area contributed by atoms with Crippen LogP contribution in [0.1, 0.15) is 0 Å². The molecule has 0 saturated heterocycles. The van der Waals surface area contributed by atoms with E-state index >= 15 is 0 Å². The standard InChI is InChI=1S/C45H27N3S2/c1-4-12-28(13-5-1)33-25-36(29-14-6-2-7-15-29)42-38(26-33)37-24-31(21-23-40(37)50-42)44-46-43(30-16-8-3-9-17-30)47-45(48-44)32-20-22-35-34-18-10-11-19-39(34)49-41(35)27-32/h1-27H. The van der Waals surface area contributed by atoms with Crippen molar-refractivity contribution in [3.63, 3.8) is 0 Å². The molecule has 0 spiro atoms. The van der Waals surface area contributed by atoms with Gasteiger partial charge in [-0.3, -0.25) is 0 Å². The van der Waals surface area contributed by atoms with Gasteiger partial charge in [0.25, 0.3) is 0 Å². The van der Waals surface area contributed by atoms with Gasteiger partial charge in [-0.25, -0.2) is 15.0 Å². The van der Waals surface area contributed by atoms with Gasteiger partial charge in [-0.15, -0.1) is 22.7 Å². The smallest absolute Gasteiger partial charge is 0.164 e. The molecule has 0 aliphatic rings. The van der Waals surface area contributed by atoms with Gasteiger partial charge >= 0.3 is 0 Å². The molecule has 0 atom stereocenters. The summed E-state index contributed by atoms with van der Waals surface area (Å²) in [6.07, 6.45) is 0. The summed E-state index contributed by atoms with van der Waals surface area (Å²) in [5, 5.41) is 4.97. The minimum Gasteiger partial charge on any atom is -0.208 e. The van der Waals surface area contributed by atoms with Crippen LogP contribution in [0, 0.1) is 0 Å². The number of rotatable bonds is 5. The zero-order valence-electron chi connectivity index (χ0n) is 26.7. The van der Waals surface area contributed by atoms with Crippen LogP contribution in [-0.4, -0.2) is 15.0 Å². The first-order valence-corrected chi connectivity index (χ1v) is 18.2. The van der Waals surface area contributed by atoms with Crippen LogP contribution in [0.15, 0.2) is 164 Å². The lowest BCUT2D eigenvalue weighted by Gasteiger charge is -2.10. The van der Waals surface area contributed by atoms with Crippen molar-refractivity contribution >= 4 is 63.0 Å². The van der Waals surface area contributed by atoms with Crippen LogP contribution < -0.4 is 0 Å². The quantitative estimate of drug-likeness (QED) is 0.182. The molecule has 3 heterocycles. The van der Waals surface area contributed by atoms with Crippen molar-refractivity contribution in [3.8, 4) is 56.4 Å². The Kier molecular flexibility index (Phi) is 6.86. The van der Waals surface area contributed by atoms with Crippen LogP contribution in [0.4, 0.5) is 0 Å². The molecule has 0 radical (unpaired) electrons. The number of nitrogens with zero attached hydrogens (tertiary/aromatic N) is 3. The molecule has 0 aliphatic heterocycles. The molecular weight excluding hydrogens is 647 g/mol. The molecule has 5 heteroatoms. The van der Waals surface area contributed by atoms with Gasteiger partial charge in [-0.1, -0.05) is 121 Å². The van der Waals surface area contributed by atoms with E-state index in [1.807, 2.05) is 29.5 Å². The molecule has 0 bridgehead atoms. The zero-order valence-corrected chi connectivity index (χ0v) is 28.4. The summed E-state index contributed by atoms with van der Waals surface area (Å²) >= 11 is 3.65. The highest BCUT2D eigenvalue weighted by Crippen LogP contribution is 2.44. The van der Waals surface area contributed by atoms with E-state index in [0.29, 0.717) is 17.5 Å². The van der Waals surface area contributed by atoms with Crippen LogP contribution in [0.25, 0.3) is 96.8 Å². The van der Waals surface area contributed by atoms with Gasteiger partial charge in [0.15, 0.2) is 17.5 Å². The lowest BCUT2D eigenvalue weighted by molar-refractivity contribution is 1.08. The van der Waals surface area contributed by atoms with Gasteiger partial charge in [-0.05, 0) is 59.2 Å². The SMILES string of the molecule is c1ccc(-c2cc(-c3ccccc3)c3sc4ccc(-c5nc(-c6ccccc6)nc(-c6ccc7c(c6)sc6ccccc67)n5)cc4c3c2)cc1. The van der Waals surface area contributed by atoms with Crippen LogP contribution in [0.5, 0.6) is 0 Å². The average Bonchev–Trinajstić information content (AvgIpc) is 3.76. The van der Waals surface area contributed by atoms with Crippen LogP contribution in [0.2, 0.25) is 0 Å². The second-order valence-electron chi connectivity index (χ2n) is 12.4. The number of fused-ring (bicyclic) bond motifs is 6. The lowest BCUT2D eigenvalue weighted by Crippen LogP contribution is -2.00. The fourth-order valence-electron chi connectivity index (χ4n) is 6.86. The summed E-state index contributed by atoms with van der Waals surface area (Å²) in [4.78, 5) is 15.3. The third-order valence-corrected chi connectivity index (χ3v) is 11.7. The molecule has 0 N–H and O–H groups in total. The Hall–Kier alpha value is -6.01. The molecule has 0 aliphatic carbocycles. The van der Waals surface area contributed by atoms with Crippen molar-refractivity contribution in [1.82, 2.24) is 15.0 Å². The van der Waals surface area contributed by atoms with Crippen LogP contribution in [0.3, 0.4) is 0 Å². The van der Waals surface area contributed by atoms with E-state index in [1.165, 1.54) is 62.6 Å². The molecule has 0 amide bonds. The summed E-state index contributed by atoms with van der Waals surface area (Å²) in [6.45, 7) is 0. The number of thiophene rings is 2. The molecule has 234 valence electrons.